The SMILES string of the molecule is C=CC(=O)N1CCN2C(C1)SSC1C(F)C3CC4C1C2NC(=O)N4C1C(CCNC1C(C)C)OC1CCCC(F)C13. The number of piperazine rings is 1. The molecule has 5 aliphatic heterocycles. The summed E-state index contributed by atoms with van der Waals surface area (Å²) in [4.78, 5) is 32.9. The summed E-state index contributed by atoms with van der Waals surface area (Å²) in [7, 11) is 3.17. The van der Waals surface area contributed by atoms with Crippen LogP contribution in [-0.2, 0) is 9.53 Å². The molecule has 0 radical (unpaired) electrons. The van der Waals surface area contributed by atoms with E-state index in [4.69, 9.17) is 4.74 Å². The number of hydrogen-bond donors (Lipinski definition) is 2. The van der Waals surface area contributed by atoms with Gasteiger partial charge in [-0.25, -0.2) is 13.6 Å². The van der Waals surface area contributed by atoms with E-state index >= 15 is 8.78 Å². The molecule has 8 nitrogen and oxygen atoms in total. The summed E-state index contributed by atoms with van der Waals surface area (Å²) in [5, 5.41) is 6.57. The van der Waals surface area contributed by atoms with E-state index < -0.39 is 29.4 Å². The Hall–Kier alpha value is -1.08. The third-order valence-corrected chi connectivity index (χ3v) is 14.3. The van der Waals surface area contributed by atoms with Crippen LogP contribution in [0.25, 0.3) is 0 Å². The van der Waals surface area contributed by atoms with Gasteiger partial charge >= 0.3 is 6.03 Å². The van der Waals surface area contributed by atoms with Crippen LogP contribution in [0.5, 0.6) is 0 Å². The maximum Gasteiger partial charge on any atom is 0.319 e. The molecule has 0 aromatic carbocycles. The average Bonchev–Trinajstić information content (AvgIpc) is 3.08. The molecule has 5 saturated heterocycles. The van der Waals surface area contributed by atoms with Crippen LogP contribution in [0.2, 0.25) is 0 Å². The molecular weight excluding hydrogens is 568 g/mol. The number of carbonyl (C=O) groups excluding carboxylic acids is 2. The Morgan fingerprint density at radius 2 is 1.98 bits per heavy atom. The average molecular weight is 612 g/mol. The standard InChI is InChI=1S/C29H43F2N5O3S2/c1-4-20(37)34-10-11-35-21(13-34)40-41-27-23-17-12-15(24(27)31)22-16(30)6-5-7-18(22)39-19-8-9-32-25(14(2)3)26(19)36(17)29(38)33-28(23)35/h4,14-19,21-28,32H,1,5-13H2,2-3H3,(H,33,38). The lowest BCUT2D eigenvalue weighted by atomic mass is 9.64. The van der Waals surface area contributed by atoms with Crippen molar-refractivity contribution in [1.82, 2.24) is 25.3 Å². The van der Waals surface area contributed by atoms with Crippen LogP contribution in [0.15, 0.2) is 12.7 Å². The minimum atomic E-state index is -1.20. The fraction of sp³-hybridized carbons (Fsp3) is 0.862. The van der Waals surface area contributed by atoms with E-state index in [9.17, 15) is 9.59 Å². The number of carbonyl (C=O) groups is 2. The Bertz CT molecular complexity index is 1060. The molecule has 5 heterocycles. The van der Waals surface area contributed by atoms with E-state index in [1.165, 1.54) is 6.08 Å². The van der Waals surface area contributed by atoms with Crippen molar-refractivity contribution in [3.05, 3.63) is 12.7 Å². The molecule has 12 heteroatoms. The summed E-state index contributed by atoms with van der Waals surface area (Å²) >= 11 is 0. The van der Waals surface area contributed by atoms with E-state index in [-0.39, 0.29) is 65.6 Å². The minimum absolute atomic E-state index is 0.0337. The van der Waals surface area contributed by atoms with Crippen molar-refractivity contribution in [3.8, 4) is 0 Å². The molecular formula is C29H43F2N5O3S2. The van der Waals surface area contributed by atoms with Crippen molar-refractivity contribution in [2.24, 2.45) is 23.7 Å². The number of halogens is 2. The first-order chi connectivity index (χ1) is 19.8. The van der Waals surface area contributed by atoms with Crippen molar-refractivity contribution in [1.29, 1.82) is 0 Å². The summed E-state index contributed by atoms with van der Waals surface area (Å²) in [6, 6.07) is -0.502. The summed E-state index contributed by atoms with van der Waals surface area (Å²) in [5.74, 6) is -0.989. The zero-order valence-electron chi connectivity index (χ0n) is 23.9. The Labute approximate surface area is 249 Å². The monoisotopic (exact) mass is 611 g/mol. The van der Waals surface area contributed by atoms with Gasteiger partial charge in [0.2, 0.25) is 5.91 Å². The predicted molar refractivity (Wildman–Crippen MR) is 157 cm³/mol. The highest BCUT2D eigenvalue weighted by atomic mass is 33.1. The summed E-state index contributed by atoms with van der Waals surface area (Å²) in [6.07, 6.45) is 1.33. The number of nitrogens with one attached hydrogen (secondary N) is 2. The lowest BCUT2D eigenvalue weighted by Gasteiger charge is -2.59. The van der Waals surface area contributed by atoms with Crippen LogP contribution in [0.1, 0.15) is 46.0 Å². The second kappa shape index (κ2) is 11.1. The molecule has 2 bridgehead atoms. The number of alkyl halides is 2. The number of rotatable bonds is 2. The van der Waals surface area contributed by atoms with Gasteiger partial charge in [-0.15, -0.1) is 0 Å². The predicted octanol–water partition coefficient (Wildman–Crippen LogP) is 3.39. The Morgan fingerprint density at radius 3 is 2.76 bits per heavy atom. The van der Waals surface area contributed by atoms with Gasteiger partial charge in [0.05, 0.1) is 35.0 Å². The molecule has 7 aliphatic rings. The molecule has 2 aliphatic carbocycles. The topological polar surface area (TPSA) is 77.2 Å². The smallest absolute Gasteiger partial charge is 0.319 e. The lowest BCUT2D eigenvalue weighted by Crippen LogP contribution is -2.77. The molecule has 13 unspecified atom stereocenters. The van der Waals surface area contributed by atoms with Gasteiger partial charge < -0.3 is 25.2 Å². The Kier molecular flexibility index (Phi) is 7.78. The van der Waals surface area contributed by atoms with Gasteiger partial charge in [-0.3, -0.25) is 9.69 Å². The normalized spacial score (nSPS) is 47.9. The largest absolute Gasteiger partial charge is 0.372 e. The van der Waals surface area contributed by atoms with Gasteiger partial charge in [-0.1, -0.05) is 42.0 Å². The number of piperidine rings is 1. The maximum absolute atomic E-state index is 17.0. The molecule has 2 N–H and O–H groups in total. The molecule has 2 saturated carbocycles. The number of urea groups is 1. The summed E-state index contributed by atoms with van der Waals surface area (Å²) in [5.41, 5.74) is 0. The van der Waals surface area contributed by atoms with Crippen molar-refractivity contribution >= 4 is 33.5 Å². The van der Waals surface area contributed by atoms with Crippen molar-refractivity contribution in [2.75, 3.05) is 26.2 Å². The van der Waals surface area contributed by atoms with Crippen LogP contribution in [0, 0.1) is 23.7 Å². The molecule has 3 amide bonds. The number of fused-ring (bicyclic) bond motifs is 7. The Balaban J connectivity index is 1.32. The third-order valence-electron chi connectivity index (χ3n) is 11.0. The highest BCUT2D eigenvalue weighted by Crippen LogP contribution is 2.56. The summed E-state index contributed by atoms with van der Waals surface area (Å²) < 4.78 is 39.8. The van der Waals surface area contributed by atoms with Crippen LogP contribution in [-0.4, -0.2) is 112 Å². The van der Waals surface area contributed by atoms with Crippen LogP contribution >= 0.6 is 21.6 Å². The van der Waals surface area contributed by atoms with Crippen LogP contribution < -0.4 is 10.6 Å². The van der Waals surface area contributed by atoms with Gasteiger partial charge in [0, 0.05) is 49.5 Å². The van der Waals surface area contributed by atoms with Gasteiger partial charge in [0.15, 0.2) is 0 Å². The van der Waals surface area contributed by atoms with Gasteiger partial charge in [-0.05, 0) is 50.6 Å². The first-order valence-corrected chi connectivity index (χ1v) is 17.8. The van der Waals surface area contributed by atoms with Gasteiger partial charge in [-0.2, -0.15) is 0 Å². The fourth-order valence-corrected chi connectivity index (χ4v) is 12.9. The molecule has 0 aromatic heterocycles. The van der Waals surface area contributed by atoms with Gasteiger partial charge in [0.25, 0.3) is 0 Å². The maximum atomic E-state index is 17.0. The first kappa shape index (κ1) is 28.7. The van der Waals surface area contributed by atoms with Crippen molar-refractivity contribution < 1.29 is 23.1 Å². The zero-order valence-corrected chi connectivity index (χ0v) is 25.5. The number of nitrogens with zero attached hydrogens (tertiary/aromatic N) is 3. The number of hydrogen-bond acceptors (Lipinski definition) is 7. The fourth-order valence-electron chi connectivity index (χ4n) is 9.26. The zero-order chi connectivity index (χ0) is 28.6. The number of ether oxygens (including phenoxy) is 1. The van der Waals surface area contributed by atoms with Crippen LogP contribution in [0.4, 0.5) is 13.6 Å². The van der Waals surface area contributed by atoms with E-state index in [1.807, 2.05) is 4.90 Å². The number of amides is 3. The minimum Gasteiger partial charge on any atom is -0.372 e. The second-order valence-electron chi connectivity index (χ2n) is 13.4. The van der Waals surface area contributed by atoms with Gasteiger partial charge in [0.1, 0.15) is 12.3 Å². The molecule has 7 rings (SSSR count). The molecule has 0 spiro atoms. The lowest BCUT2D eigenvalue weighted by molar-refractivity contribution is -0.130. The van der Waals surface area contributed by atoms with E-state index in [1.54, 1.807) is 26.5 Å². The second-order valence-corrected chi connectivity index (χ2v) is 16.0. The van der Waals surface area contributed by atoms with E-state index in [0.717, 1.165) is 25.8 Å². The molecule has 228 valence electrons. The Morgan fingerprint density at radius 1 is 1.15 bits per heavy atom. The quantitative estimate of drug-likeness (QED) is 0.366. The summed E-state index contributed by atoms with van der Waals surface area (Å²) in [6.45, 7) is 10.4. The highest BCUT2D eigenvalue weighted by molar-refractivity contribution is 8.77. The van der Waals surface area contributed by atoms with Crippen molar-refractivity contribution in [3.63, 3.8) is 0 Å². The van der Waals surface area contributed by atoms with Crippen LogP contribution in [0.3, 0.4) is 0 Å². The molecule has 0 aromatic rings. The molecule has 13 atom stereocenters. The molecule has 7 fully saturated rings. The molecule has 41 heavy (non-hydrogen) atoms. The first-order valence-electron chi connectivity index (χ1n) is 15.5. The van der Waals surface area contributed by atoms with Crippen molar-refractivity contribution in [2.45, 2.75) is 105 Å². The van der Waals surface area contributed by atoms with E-state index in [0.29, 0.717) is 32.5 Å². The highest BCUT2D eigenvalue weighted by Gasteiger charge is 2.63. The third kappa shape index (κ3) is 4.64. The van der Waals surface area contributed by atoms with E-state index in [2.05, 4.69) is 36.0 Å².